The molecule has 32 heavy (non-hydrogen) atoms. The van der Waals surface area contributed by atoms with Gasteiger partial charge in [0.15, 0.2) is 0 Å². The number of sulfonamides is 1. The summed E-state index contributed by atoms with van der Waals surface area (Å²) in [5.74, 6) is 0.328. The van der Waals surface area contributed by atoms with E-state index in [0.717, 1.165) is 22.4 Å². The number of rotatable bonds is 8. The molecule has 0 bridgehead atoms. The smallest absolute Gasteiger partial charge is 0.264 e. The van der Waals surface area contributed by atoms with Crippen LogP contribution in [0.25, 0.3) is 0 Å². The van der Waals surface area contributed by atoms with Crippen molar-refractivity contribution in [3.63, 3.8) is 0 Å². The summed E-state index contributed by atoms with van der Waals surface area (Å²) in [4.78, 5) is 13.1. The Morgan fingerprint density at radius 2 is 1.59 bits per heavy atom. The fourth-order valence-electron chi connectivity index (χ4n) is 3.37. The van der Waals surface area contributed by atoms with Crippen LogP contribution in [0, 0.1) is 13.8 Å². The van der Waals surface area contributed by atoms with E-state index < -0.39 is 15.9 Å². The number of methoxy groups -OCH3 is 1. The predicted molar refractivity (Wildman–Crippen MR) is 126 cm³/mol. The van der Waals surface area contributed by atoms with E-state index in [9.17, 15) is 13.2 Å². The lowest BCUT2D eigenvalue weighted by Gasteiger charge is -2.26. The number of aryl methyl sites for hydroxylation is 2. The minimum atomic E-state index is -3.94. The molecule has 0 saturated heterocycles. The molecule has 168 valence electrons. The summed E-state index contributed by atoms with van der Waals surface area (Å²) < 4.78 is 33.3. The highest BCUT2D eigenvalue weighted by atomic mass is 32.2. The molecular weight excluding hydrogens is 424 g/mol. The van der Waals surface area contributed by atoms with Gasteiger partial charge in [-0.1, -0.05) is 48.0 Å². The van der Waals surface area contributed by atoms with Gasteiger partial charge >= 0.3 is 0 Å². The van der Waals surface area contributed by atoms with Crippen molar-refractivity contribution in [1.82, 2.24) is 5.32 Å². The summed E-state index contributed by atoms with van der Waals surface area (Å²) in [6.07, 6.45) is 0. The third-order valence-corrected chi connectivity index (χ3v) is 7.05. The number of amides is 1. The zero-order chi connectivity index (χ0) is 23.3. The molecule has 0 aliphatic rings. The molecule has 1 N–H and O–H groups in total. The second-order valence-corrected chi connectivity index (χ2v) is 9.54. The van der Waals surface area contributed by atoms with Crippen molar-refractivity contribution in [2.45, 2.75) is 31.7 Å². The number of nitrogens with one attached hydrogen (secondary N) is 1. The normalized spacial score (nSPS) is 12.1. The van der Waals surface area contributed by atoms with E-state index in [-0.39, 0.29) is 17.5 Å². The molecule has 7 heteroatoms. The zero-order valence-corrected chi connectivity index (χ0v) is 19.5. The van der Waals surface area contributed by atoms with Gasteiger partial charge in [-0.25, -0.2) is 8.42 Å². The highest BCUT2D eigenvalue weighted by Gasteiger charge is 2.28. The van der Waals surface area contributed by atoms with Crippen molar-refractivity contribution in [3.8, 4) is 5.75 Å². The van der Waals surface area contributed by atoms with E-state index in [4.69, 9.17) is 4.74 Å². The number of carbonyl (C=O) groups excluding carboxylic acids is 1. The van der Waals surface area contributed by atoms with Crippen LogP contribution >= 0.6 is 0 Å². The first-order valence-corrected chi connectivity index (χ1v) is 11.7. The zero-order valence-electron chi connectivity index (χ0n) is 18.7. The van der Waals surface area contributed by atoms with E-state index in [1.54, 1.807) is 43.5 Å². The van der Waals surface area contributed by atoms with Gasteiger partial charge in [0.1, 0.15) is 12.3 Å². The van der Waals surface area contributed by atoms with E-state index in [1.807, 2.05) is 57.2 Å². The Morgan fingerprint density at radius 1 is 0.969 bits per heavy atom. The summed E-state index contributed by atoms with van der Waals surface area (Å²) in [6, 6.07) is 20.8. The number of hydrogen-bond donors (Lipinski definition) is 1. The number of ether oxygens (including phenoxy) is 1. The van der Waals surface area contributed by atoms with Crippen LogP contribution in [0.15, 0.2) is 77.7 Å². The second-order valence-electron chi connectivity index (χ2n) is 7.67. The van der Waals surface area contributed by atoms with Gasteiger partial charge < -0.3 is 10.1 Å². The van der Waals surface area contributed by atoms with Crippen LogP contribution in [-0.2, 0) is 14.8 Å². The van der Waals surface area contributed by atoms with Gasteiger partial charge in [-0.15, -0.1) is 0 Å². The number of para-hydroxylation sites is 1. The van der Waals surface area contributed by atoms with Crippen LogP contribution < -0.4 is 14.4 Å². The molecule has 1 atom stereocenters. The minimum Gasteiger partial charge on any atom is -0.497 e. The van der Waals surface area contributed by atoms with Crippen molar-refractivity contribution in [2.24, 2.45) is 0 Å². The van der Waals surface area contributed by atoms with Crippen molar-refractivity contribution in [2.75, 3.05) is 18.0 Å². The molecule has 0 radical (unpaired) electrons. The summed E-state index contributed by atoms with van der Waals surface area (Å²) in [5, 5.41) is 2.90. The molecule has 0 fully saturated rings. The SMILES string of the molecule is COc1ccc([C@@H](C)NC(=O)CN(c2ccccc2C)S(=O)(=O)c2ccc(C)cc2)cc1. The van der Waals surface area contributed by atoms with Crippen LogP contribution in [0.5, 0.6) is 5.75 Å². The van der Waals surface area contributed by atoms with Gasteiger partial charge in [0, 0.05) is 0 Å². The number of nitrogens with zero attached hydrogens (tertiary/aromatic N) is 1. The first-order chi connectivity index (χ1) is 15.2. The van der Waals surface area contributed by atoms with Gasteiger partial charge in [-0.05, 0) is 62.2 Å². The maximum atomic E-state index is 13.5. The average molecular weight is 453 g/mol. The van der Waals surface area contributed by atoms with Gasteiger partial charge in [0.05, 0.1) is 23.7 Å². The lowest BCUT2D eigenvalue weighted by Crippen LogP contribution is -2.41. The molecule has 6 nitrogen and oxygen atoms in total. The predicted octanol–water partition coefficient (Wildman–Crippen LogP) is 4.38. The van der Waals surface area contributed by atoms with Crippen LogP contribution in [0.1, 0.15) is 29.7 Å². The second kappa shape index (κ2) is 9.87. The van der Waals surface area contributed by atoms with Crippen LogP contribution in [0.3, 0.4) is 0 Å². The standard InChI is InChI=1S/C25H28N2O4S/c1-18-9-15-23(16-10-18)32(29,30)27(24-8-6-5-7-19(24)2)17-25(28)26-20(3)21-11-13-22(31-4)14-12-21/h5-16,20H,17H2,1-4H3,(H,26,28)/t20-/m1/s1. The van der Waals surface area contributed by atoms with E-state index in [0.29, 0.717) is 5.69 Å². The number of anilines is 1. The summed E-state index contributed by atoms with van der Waals surface area (Å²) >= 11 is 0. The molecule has 0 heterocycles. The minimum absolute atomic E-state index is 0.141. The Labute approximate surface area is 189 Å². The lowest BCUT2D eigenvalue weighted by molar-refractivity contribution is -0.120. The first-order valence-electron chi connectivity index (χ1n) is 10.3. The summed E-state index contributed by atoms with van der Waals surface area (Å²) in [5.41, 5.74) is 3.08. The van der Waals surface area contributed by atoms with Crippen molar-refractivity contribution in [3.05, 3.63) is 89.5 Å². The molecule has 3 aromatic rings. The Morgan fingerprint density at radius 3 is 2.19 bits per heavy atom. The van der Waals surface area contributed by atoms with Crippen LogP contribution in [0.2, 0.25) is 0 Å². The van der Waals surface area contributed by atoms with Gasteiger partial charge in [0.25, 0.3) is 10.0 Å². The maximum Gasteiger partial charge on any atom is 0.264 e. The number of carbonyl (C=O) groups is 1. The van der Waals surface area contributed by atoms with Gasteiger partial charge in [0.2, 0.25) is 5.91 Å². The summed E-state index contributed by atoms with van der Waals surface area (Å²) in [7, 11) is -2.35. The maximum absolute atomic E-state index is 13.5. The molecule has 3 aromatic carbocycles. The Bertz CT molecular complexity index is 1170. The van der Waals surface area contributed by atoms with Gasteiger partial charge in [-0.3, -0.25) is 9.10 Å². The van der Waals surface area contributed by atoms with Crippen molar-refractivity contribution >= 4 is 21.6 Å². The molecule has 0 spiro atoms. The Hall–Kier alpha value is -3.32. The highest BCUT2D eigenvalue weighted by molar-refractivity contribution is 7.92. The lowest BCUT2D eigenvalue weighted by atomic mass is 10.1. The Balaban J connectivity index is 1.87. The molecule has 0 aromatic heterocycles. The third-order valence-electron chi connectivity index (χ3n) is 5.27. The van der Waals surface area contributed by atoms with E-state index in [2.05, 4.69) is 5.32 Å². The monoisotopic (exact) mass is 452 g/mol. The average Bonchev–Trinajstić information content (AvgIpc) is 2.78. The Kier molecular flexibility index (Phi) is 7.20. The van der Waals surface area contributed by atoms with Crippen LogP contribution in [0.4, 0.5) is 5.69 Å². The molecule has 0 aliphatic heterocycles. The number of hydrogen-bond acceptors (Lipinski definition) is 4. The van der Waals surface area contributed by atoms with Gasteiger partial charge in [-0.2, -0.15) is 0 Å². The molecule has 3 rings (SSSR count). The molecular formula is C25H28N2O4S. The number of benzene rings is 3. The van der Waals surface area contributed by atoms with Crippen molar-refractivity contribution < 1.29 is 17.9 Å². The topological polar surface area (TPSA) is 75.7 Å². The third kappa shape index (κ3) is 5.29. The van der Waals surface area contributed by atoms with Crippen molar-refractivity contribution in [1.29, 1.82) is 0 Å². The molecule has 0 aliphatic carbocycles. The quantitative estimate of drug-likeness (QED) is 0.550. The molecule has 0 saturated carbocycles. The first kappa shape index (κ1) is 23.3. The molecule has 0 unspecified atom stereocenters. The fraction of sp³-hybridized carbons (Fsp3) is 0.240. The van der Waals surface area contributed by atoms with Crippen LogP contribution in [-0.4, -0.2) is 28.0 Å². The highest BCUT2D eigenvalue weighted by Crippen LogP contribution is 2.27. The van der Waals surface area contributed by atoms with E-state index >= 15 is 0 Å². The summed E-state index contributed by atoms with van der Waals surface area (Å²) in [6.45, 7) is 5.24. The van der Waals surface area contributed by atoms with E-state index in [1.165, 1.54) is 4.31 Å². The largest absolute Gasteiger partial charge is 0.497 e. The fourth-order valence-corrected chi connectivity index (χ4v) is 4.86. The molecule has 1 amide bonds.